The van der Waals surface area contributed by atoms with Crippen LogP contribution in [-0.2, 0) is 9.53 Å². The van der Waals surface area contributed by atoms with Crippen LogP contribution in [0.1, 0.15) is 12.0 Å². The van der Waals surface area contributed by atoms with Crippen molar-refractivity contribution in [2.24, 2.45) is 0 Å². The molecule has 5 heteroatoms. The van der Waals surface area contributed by atoms with Gasteiger partial charge in [0.25, 0.3) is 0 Å². The van der Waals surface area contributed by atoms with Crippen LogP contribution >= 0.6 is 0 Å². The van der Waals surface area contributed by atoms with Crippen LogP contribution in [0.15, 0.2) is 12.1 Å². The molecule has 0 unspecified atom stereocenters. The molecule has 3 nitrogen and oxygen atoms in total. The summed E-state index contributed by atoms with van der Waals surface area (Å²) >= 11 is 0. The maximum Gasteiger partial charge on any atom is 0.317 e. The van der Waals surface area contributed by atoms with Crippen LogP contribution in [0.2, 0.25) is 0 Å². The fourth-order valence-electron chi connectivity index (χ4n) is 1.08. The quantitative estimate of drug-likeness (QED) is 0.585. The van der Waals surface area contributed by atoms with E-state index in [-0.39, 0.29) is 17.7 Å². The third-order valence-electron chi connectivity index (χ3n) is 1.91. The summed E-state index contributed by atoms with van der Waals surface area (Å²) in [5.41, 5.74) is 0.227. The van der Waals surface area contributed by atoms with Gasteiger partial charge in [-0.2, -0.15) is 4.39 Å². The number of methoxy groups -OCH3 is 2. The molecular weight excluding hydrogens is 230 g/mol. The van der Waals surface area contributed by atoms with Gasteiger partial charge in [0.05, 0.1) is 14.2 Å². The zero-order valence-corrected chi connectivity index (χ0v) is 9.34. The minimum Gasteiger partial charge on any atom is -0.494 e. The van der Waals surface area contributed by atoms with E-state index in [2.05, 4.69) is 21.3 Å². The molecule has 0 saturated carbocycles. The van der Waals surface area contributed by atoms with Gasteiger partial charge in [0, 0.05) is 5.56 Å². The number of ether oxygens (including phenoxy) is 2. The Labute approximate surface area is 97.3 Å². The Kier molecular flexibility index (Phi) is 4.46. The topological polar surface area (TPSA) is 35.5 Å². The third-order valence-corrected chi connectivity index (χ3v) is 1.91. The van der Waals surface area contributed by atoms with E-state index in [1.165, 1.54) is 20.3 Å². The normalized spacial score (nSPS) is 9.18. The minimum absolute atomic E-state index is 0.113. The van der Waals surface area contributed by atoms with Crippen molar-refractivity contribution >= 4 is 5.97 Å². The number of esters is 1. The van der Waals surface area contributed by atoms with Crippen LogP contribution in [0.25, 0.3) is 0 Å². The Morgan fingerprint density at radius 3 is 2.65 bits per heavy atom. The standard InChI is InChI=1S/C12H10F2O3/c1-16-10-7-8(6-9(13)12(10)14)4-3-5-11(15)17-2/h6-7H,5H2,1-2H3. The second kappa shape index (κ2) is 5.85. The summed E-state index contributed by atoms with van der Waals surface area (Å²) < 4.78 is 35.1. The SMILES string of the molecule is COC(=O)CC#Cc1cc(F)c(F)c(OC)c1. The van der Waals surface area contributed by atoms with Crippen LogP contribution < -0.4 is 4.74 Å². The zero-order valence-electron chi connectivity index (χ0n) is 9.34. The maximum atomic E-state index is 13.1. The lowest BCUT2D eigenvalue weighted by Crippen LogP contribution is -1.97. The largest absolute Gasteiger partial charge is 0.494 e. The molecule has 17 heavy (non-hydrogen) atoms. The highest BCUT2D eigenvalue weighted by Crippen LogP contribution is 2.21. The van der Waals surface area contributed by atoms with E-state index in [4.69, 9.17) is 0 Å². The molecule has 0 amide bonds. The van der Waals surface area contributed by atoms with Gasteiger partial charge in [0.15, 0.2) is 11.6 Å². The molecule has 0 bridgehead atoms. The number of rotatable bonds is 2. The summed E-state index contributed by atoms with van der Waals surface area (Å²) in [5.74, 6) is 2.16. The van der Waals surface area contributed by atoms with Gasteiger partial charge >= 0.3 is 5.97 Å². The van der Waals surface area contributed by atoms with E-state index in [1.54, 1.807) is 0 Å². The smallest absolute Gasteiger partial charge is 0.317 e. The number of halogens is 2. The first kappa shape index (κ1) is 13.0. The van der Waals surface area contributed by atoms with Gasteiger partial charge in [0.2, 0.25) is 5.82 Å². The predicted molar refractivity (Wildman–Crippen MR) is 56.4 cm³/mol. The predicted octanol–water partition coefficient (Wildman–Crippen LogP) is 1.89. The molecule has 0 heterocycles. The summed E-state index contributed by atoms with van der Waals surface area (Å²) in [6, 6.07) is 2.19. The monoisotopic (exact) mass is 240 g/mol. The highest BCUT2D eigenvalue weighted by atomic mass is 19.2. The molecule has 0 aliphatic heterocycles. The first-order valence-electron chi connectivity index (χ1n) is 4.67. The molecule has 0 fully saturated rings. The van der Waals surface area contributed by atoms with Crippen molar-refractivity contribution in [1.82, 2.24) is 0 Å². The second-order valence-corrected chi connectivity index (χ2v) is 3.03. The van der Waals surface area contributed by atoms with Gasteiger partial charge in [-0.15, -0.1) is 0 Å². The molecule has 0 saturated heterocycles. The fraction of sp³-hybridized carbons (Fsp3) is 0.250. The van der Waals surface area contributed by atoms with Gasteiger partial charge in [-0.05, 0) is 12.1 Å². The van der Waals surface area contributed by atoms with Crippen molar-refractivity contribution in [3.8, 4) is 17.6 Å². The molecule has 0 spiro atoms. The van der Waals surface area contributed by atoms with Crippen molar-refractivity contribution in [2.45, 2.75) is 6.42 Å². The summed E-state index contributed by atoms with van der Waals surface area (Å²) in [5, 5.41) is 0. The summed E-state index contributed by atoms with van der Waals surface area (Å²) in [6.07, 6.45) is -0.113. The van der Waals surface area contributed by atoms with Gasteiger partial charge in [-0.25, -0.2) is 4.39 Å². The van der Waals surface area contributed by atoms with Crippen molar-refractivity contribution in [1.29, 1.82) is 0 Å². The molecule has 1 aromatic rings. The first-order chi connectivity index (χ1) is 8.08. The van der Waals surface area contributed by atoms with Crippen LogP contribution in [0.4, 0.5) is 8.78 Å². The number of hydrogen-bond donors (Lipinski definition) is 0. The Bertz CT molecular complexity index is 487. The first-order valence-corrected chi connectivity index (χ1v) is 4.67. The minimum atomic E-state index is -1.06. The highest BCUT2D eigenvalue weighted by molar-refractivity contribution is 5.72. The van der Waals surface area contributed by atoms with E-state index in [9.17, 15) is 13.6 Å². The third kappa shape index (κ3) is 3.45. The van der Waals surface area contributed by atoms with Crippen LogP contribution in [-0.4, -0.2) is 20.2 Å². The molecule has 0 aliphatic carbocycles. The highest BCUT2D eigenvalue weighted by Gasteiger charge is 2.10. The summed E-state index contributed by atoms with van der Waals surface area (Å²) in [4.78, 5) is 10.8. The Morgan fingerprint density at radius 1 is 1.35 bits per heavy atom. The molecule has 1 rings (SSSR count). The lowest BCUT2D eigenvalue weighted by Gasteiger charge is -2.02. The van der Waals surface area contributed by atoms with E-state index in [1.807, 2.05) is 0 Å². The molecule has 0 radical (unpaired) electrons. The lowest BCUT2D eigenvalue weighted by atomic mass is 10.2. The number of benzene rings is 1. The summed E-state index contributed by atoms with van der Waals surface area (Å²) in [6.45, 7) is 0. The lowest BCUT2D eigenvalue weighted by molar-refractivity contribution is -0.139. The van der Waals surface area contributed by atoms with Crippen LogP contribution in [0, 0.1) is 23.5 Å². The van der Waals surface area contributed by atoms with Crippen molar-refractivity contribution < 1.29 is 23.0 Å². The summed E-state index contributed by atoms with van der Waals surface area (Å²) in [7, 11) is 2.47. The average molecular weight is 240 g/mol. The Morgan fingerprint density at radius 2 is 2.06 bits per heavy atom. The van der Waals surface area contributed by atoms with E-state index in [0.29, 0.717) is 0 Å². The molecule has 0 aliphatic rings. The number of carbonyl (C=O) groups excluding carboxylic acids is 1. The number of carbonyl (C=O) groups is 1. The van der Waals surface area contributed by atoms with E-state index >= 15 is 0 Å². The van der Waals surface area contributed by atoms with E-state index in [0.717, 1.165) is 6.07 Å². The molecule has 1 aromatic carbocycles. The molecule has 90 valence electrons. The molecular formula is C12H10F2O3. The van der Waals surface area contributed by atoms with Crippen LogP contribution in [0.3, 0.4) is 0 Å². The van der Waals surface area contributed by atoms with Crippen molar-refractivity contribution in [2.75, 3.05) is 14.2 Å². The Balaban J connectivity index is 2.92. The molecule has 0 aromatic heterocycles. The Hall–Kier alpha value is -2.09. The van der Waals surface area contributed by atoms with Gasteiger partial charge < -0.3 is 9.47 Å². The van der Waals surface area contributed by atoms with Crippen LogP contribution in [0.5, 0.6) is 5.75 Å². The number of hydrogen-bond acceptors (Lipinski definition) is 3. The van der Waals surface area contributed by atoms with Crippen molar-refractivity contribution in [3.05, 3.63) is 29.3 Å². The maximum absolute atomic E-state index is 13.1. The zero-order chi connectivity index (χ0) is 12.8. The fourth-order valence-corrected chi connectivity index (χ4v) is 1.08. The molecule has 0 N–H and O–H groups in total. The van der Waals surface area contributed by atoms with Gasteiger partial charge in [-0.3, -0.25) is 4.79 Å². The van der Waals surface area contributed by atoms with E-state index < -0.39 is 17.6 Å². The average Bonchev–Trinajstić information content (AvgIpc) is 2.33. The molecule has 0 atom stereocenters. The van der Waals surface area contributed by atoms with Gasteiger partial charge in [-0.1, -0.05) is 11.8 Å². The second-order valence-electron chi connectivity index (χ2n) is 3.03. The van der Waals surface area contributed by atoms with Gasteiger partial charge in [0.1, 0.15) is 6.42 Å². The van der Waals surface area contributed by atoms with Crippen molar-refractivity contribution in [3.63, 3.8) is 0 Å².